The third-order valence-electron chi connectivity index (χ3n) is 7.13. The van der Waals surface area contributed by atoms with Crippen molar-refractivity contribution < 1.29 is 14.6 Å². The topological polar surface area (TPSA) is 220 Å². The van der Waals surface area contributed by atoms with Crippen molar-refractivity contribution >= 4 is 46.7 Å². The second-order valence-corrected chi connectivity index (χ2v) is 11.2. The lowest BCUT2D eigenvalue weighted by molar-refractivity contribution is 0.102. The number of ether oxygens (including phenoxy) is 1. The Morgan fingerprint density at radius 1 is 0.881 bits per heavy atom. The van der Waals surface area contributed by atoms with Crippen molar-refractivity contribution in [2.45, 2.75) is 37.0 Å². The number of phenols is 1. The molecule has 0 unspecified atom stereocenters. The van der Waals surface area contributed by atoms with Crippen LogP contribution in [0.1, 0.15) is 23.2 Å². The maximum Gasteiger partial charge on any atom is 0.259 e. The molecular formula is C27H36ClN11O3. The Hall–Kier alpha value is -3.95. The van der Waals surface area contributed by atoms with Crippen LogP contribution in [0, 0.1) is 0 Å². The summed E-state index contributed by atoms with van der Waals surface area (Å²) < 4.78 is 5.42. The number of nitrogens with two attached hydrogens (primary N) is 4. The zero-order chi connectivity index (χ0) is 30.0. The molecule has 2 aliphatic heterocycles. The standard InChI is InChI=1S/C27H36ClN11O3/c1-42-19-3-5-21(33-24(41)20-4-2-14(28)6-23(20)40)22(9-19)34-25-35-26(38-10-15(29)7-16(30)11-38)37-27(36-25)39-12-17(31)8-18(32)13-39/h2-6,9,15-18,40H,7-8,10-13,29-32H2,1H3,(H,33,41)(H,34,35,36,37)/t15-,16+,17-,18+. The van der Waals surface area contributed by atoms with Gasteiger partial charge >= 0.3 is 0 Å². The Morgan fingerprint density at radius 2 is 1.45 bits per heavy atom. The van der Waals surface area contributed by atoms with Crippen LogP contribution in [0.25, 0.3) is 0 Å². The molecule has 15 heteroatoms. The van der Waals surface area contributed by atoms with Gasteiger partial charge in [0.05, 0.1) is 24.0 Å². The van der Waals surface area contributed by atoms with Gasteiger partial charge in [-0.25, -0.2) is 0 Å². The summed E-state index contributed by atoms with van der Waals surface area (Å²) in [6.45, 7) is 2.11. The van der Waals surface area contributed by atoms with E-state index in [9.17, 15) is 9.90 Å². The molecule has 2 aromatic carbocycles. The number of carbonyl (C=O) groups excluding carboxylic acids is 1. The van der Waals surface area contributed by atoms with E-state index in [4.69, 9.17) is 54.2 Å². The number of phenolic OH excluding ortho intramolecular Hbond substituents is 1. The van der Waals surface area contributed by atoms with Crippen LogP contribution >= 0.6 is 11.6 Å². The van der Waals surface area contributed by atoms with Crippen LogP contribution in [0.5, 0.6) is 11.5 Å². The fraction of sp³-hybridized carbons (Fsp3) is 0.407. The van der Waals surface area contributed by atoms with E-state index in [1.807, 2.05) is 9.80 Å². The Bertz CT molecular complexity index is 1380. The van der Waals surface area contributed by atoms with Gasteiger partial charge in [0, 0.05) is 61.4 Å². The van der Waals surface area contributed by atoms with Gasteiger partial charge in [0.2, 0.25) is 17.8 Å². The third-order valence-corrected chi connectivity index (χ3v) is 7.37. The van der Waals surface area contributed by atoms with Gasteiger partial charge in [-0.05, 0) is 43.2 Å². The van der Waals surface area contributed by atoms with Crippen molar-refractivity contribution in [3.63, 3.8) is 0 Å². The second-order valence-electron chi connectivity index (χ2n) is 10.7. The van der Waals surface area contributed by atoms with Gasteiger partial charge in [0.15, 0.2) is 0 Å². The fourth-order valence-electron chi connectivity index (χ4n) is 5.25. The number of amides is 1. The van der Waals surface area contributed by atoms with E-state index in [0.29, 0.717) is 73.1 Å². The van der Waals surface area contributed by atoms with E-state index in [2.05, 4.69) is 10.6 Å². The Balaban J connectivity index is 1.50. The monoisotopic (exact) mass is 597 g/mol. The number of anilines is 5. The summed E-state index contributed by atoms with van der Waals surface area (Å²) in [5.41, 5.74) is 26.0. The van der Waals surface area contributed by atoms with Gasteiger partial charge in [0.25, 0.3) is 5.91 Å². The van der Waals surface area contributed by atoms with Gasteiger partial charge in [0.1, 0.15) is 11.5 Å². The first-order valence-electron chi connectivity index (χ1n) is 13.6. The highest BCUT2D eigenvalue weighted by atomic mass is 35.5. The van der Waals surface area contributed by atoms with Crippen molar-refractivity contribution in [2.75, 3.05) is 53.7 Å². The molecule has 1 amide bonds. The number of halogens is 1. The fourth-order valence-corrected chi connectivity index (χ4v) is 5.41. The van der Waals surface area contributed by atoms with Crippen molar-refractivity contribution in [1.29, 1.82) is 0 Å². The molecule has 3 aromatic rings. The molecule has 0 aliphatic carbocycles. The molecule has 0 bridgehead atoms. The van der Waals surface area contributed by atoms with Crippen molar-refractivity contribution in [3.8, 4) is 11.5 Å². The first kappa shape index (κ1) is 29.5. The number of nitrogens with one attached hydrogen (secondary N) is 2. The Labute approximate surface area is 248 Å². The number of methoxy groups -OCH3 is 1. The number of carbonyl (C=O) groups is 1. The smallest absolute Gasteiger partial charge is 0.259 e. The summed E-state index contributed by atoms with van der Waals surface area (Å²) in [4.78, 5) is 31.1. The highest BCUT2D eigenvalue weighted by molar-refractivity contribution is 6.31. The van der Waals surface area contributed by atoms with Crippen LogP contribution in [-0.2, 0) is 0 Å². The average molecular weight is 598 g/mol. The number of nitrogens with zero attached hydrogens (tertiary/aromatic N) is 5. The molecule has 42 heavy (non-hydrogen) atoms. The lowest BCUT2D eigenvalue weighted by Crippen LogP contribution is -2.54. The Kier molecular flexibility index (Phi) is 8.80. The minimum absolute atomic E-state index is 0.0569. The summed E-state index contributed by atoms with van der Waals surface area (Å²) in [6, 6.07) is 8.79. The summed E-state index contributed by atoms with van der Waals surface area (Å²) in [7, 11) is 1.54. The molecule has 0 radical (unpaired) electrons. The summed E-state index contributed by atoms with van der Waals surface area (Å²) in [5, 5.41) is 16.6. The zero-order valence-corrected chi connectivity index (χ0v) is 24.0. The molecule has 5 rings (SSSR count). The van der Waals surface area contributed by atoms with E-state index in [1.165, 1.54) is 25.3 Å². The lowest BCUT2D eigenvalue weighted by atomic mass is 10.0. The predicted octanol–water partition coefficient (Wildman–Crippen LogP) is 0.965. The normalized spacial score (nSPS) is 22.5. The summed E-state index contributed by atoms with van der Waals surface area (Å²) in [5.74, 6) is 0.766. The second kappa shape index (κ2) is 12.5. The van der Waals surface area contributed by atoms with E-state index in [0.717, 1.165) is 0 Å². The van der Waals surface area contributed by atoms with Crippen LogP contribution in [0.15, 0.2) is 36.4 Å². The van der Waals surface area contributed by atoms with Gasteiger partial charge in [-0.15, -0.1) is 0 Å². The molecule has 4 atom stereocenters. The van der Waals surface area contributed by atoms with E-state index in [-0.39, 0.29) is 41.4 Å². The number of aromatic nitrogens is 3. The number of benzene rings is 2. The predicted molar refractivity (Wildman–Crippen MR) is 163 cm³/mol. The van der Waals surface area contributed by atoms with Crippen molar-refractivity contribution in [1.82, 2.24) is 15.0 Å². The maximum absolute atomic E-state index is 13.1. The third kappa shape index (κ3) is 6.91. The van der Waals surface area contributed by atoms with Gasteiger partial charge < -0.3 is 53.2 Å². The molecule has 11 N–H and O–H groups in total. The van der Waals surface area contributed by atoms with Gasteiger partial charge in [-0.3, -0.25) is 4.79 Å². The summed E-state index contributed by atoms with van der Waals surface area (Å²) in [6.07, 6.45) is 1.40. The number of hydrogen-bond acceptors (Lipinski definition) is 13. The molecule has 224 valence electrons. The number of piperidine rings is 2. The molecule has 0 saturated carbocycles. The molecule has 3 heterocycles. The zero-order valence-electron chi connectivity index (χ0n) is 23.2. The van der Waals surface area contributed by atoms with Gasteiger partial charge in [-0.2, -0.15) is 15.0 Å². The van der Waals surface area contributed by atoms with E-state index in [1.54, 1.807) is 18.2 Å². The van der Waals surface area contributed by atoms with Crippen molar-refractivity contribution in [3.05, 3.63) is 47.0 Å². The van der Waals surface area contributed by atoms with Gasteiger partial charge in [-0.1, -0.05) is 11.6 Å². The van der Waals surface area contributed by atoms with Crippen LogP contribution < -0.4 is 48.1 Å². The van der Waals surface area contributed by atoms with Crippen LogP contribution in [0.3, 0.4) is 0 Å². The van der Waals surface area contributed by atoms with E-state index >= 15 is 0 Å². The molecule has 2 fully saturated rings. The Morgan fingerprint density at radius 3 is 1.98 bits per heavy atom. The first-order valence-corrected chi connectivity index (χ1v) is 14.0. The molecule has 2 aliphatic rings. The molecule has 14 nitrogen and oxygen atoms in total. The van der Waals surface area contributed by atoms with Crippen molar-refractivity contribution in [2.24, 2.45) is 22.9 Å². The molecular weight excluding hydrogens is 562 g/mol. The highest BCUT2D eigenvalue weighted by Crippen LogP contribution is 2.32. The van der Waals surface area contributed by atoms with Crippen LogP contribution in [0.2, 0.25) is 5.02 Å². The SMILES string of the molecule is COc1ccc(NC(=O)c2ccc(Cl)cc2O)c(Nc2nc(N3C[C@H](N)C[C@H](N)C3)nc(N3C[C@H](N)C[C@H](N)C3)n2)c1. The molecule has 1 aromatic heterocycles. The lowest BCUT2D eigenvalue weighted by Gasteiger charge is -2.37. The van der Waals surface area contributed by atoms with Crippen LogP contribution in [-0.4, -0.2) is 83.4 Å². The summed E-state index contributed by atoms with van der Waals surface area (Å²) >= 11 is 5.93. The minimum atomic E-state index is -0.540. The minimum Gasteiger partial charge on any atom is -0.507 e. The highest BCUT2D eigenvalue weighted by Gasteiger charge is 2.29. The maximum atomic E-state index is 13.1. The number of rotatable bonds is 7. The number of hydrogen-bond donors (Lipinski definition) is 7. The largest absolute Gasteiger partial charge is 0.507 e. The first-order chi connectivity index (χ1) is 20.1. The number of aromatic hydroxyl groups is 1. The molecule has 0 spiro atoms. The quantitative estimate of drug-likeness (QED) is 0.202. The van der Waals surface area contributed by atoms with Crippen LogP contribution in [0.4, 0.5) is 29.2 Å². The van der Waals surface area contributed by atoms with E-state index < -0.39 is 5.91 Å². The average Bonchev–Trinajstić information content (AvgIpc) is 2.92. The molecule has 2 saturated heterocycles.